The minimum absolute atomic E-state index is 0.0841. The Labute approximate surface area is 233 Å². The lowest BCUT2D eigenvalue weighted by Crippen LogP contribution is -2.52. The molecule has 2 aromatic rings. The first-order valence-corrected chi connectivity index (χ1v) is 15.2. The molecule has 0 spiro atoms. The molecule has 1 saturated carbocycles. The van der Waals surface area contributed by atoms with Gasteiger partial charge in [0, 0.05) is 23.1 Å². The average Bonchev–Trinajstić information content (AvgIpc) is 2.89. The minimum atomic E-state index is -3.86. The molecule has 2 aromatic carbocycles. The fraction of sp³-hybridized carbons (Fsp3) is 0.481. The van der Waals surface area contributed by atoms with Gasteiger partial charge in [0.15, 0.2) is 11.5 Å². The van der Waals surface area contributed by atoms with Crippen LogP contribution in [0.4, 0.5) is 5.69 Å². The van der Waals surface area contributed by atoms with Crippen LogP contribution in [0, 0.1) is 0 Å². The van der Waals surface area contributed by atoms with E-state index in [0.29, 0.717) is 11.5 Å². The molecule has 0 unspecified atom stereocenters. The Balaban J connectivity index is 1.90. The highest BCUT2D eigenvalue weighted by molar-refractivity contribution is 9.10. The van der Waals surface area contributed by atoms with Gasteiger partial charge in [-0.05, 0) is 49.6 Å². The second kappa shape index (κ2) is 13.3. The lowest BCUT2D eigenvalue weighted by atomic mass is 9.95. The van der Waals surface area contributed by atoms with Crippen molar-refractivity contribution in [1.29, 1.82) is 0 Å². The van der Waals surface area contributed by atoms with Crippen molar-refractivity contribution in [2.45, 2.75) is 57.7 Å². The molecule has 1 N–H and O–H groups in total. The lowest BCUT2D eigenvalue weighted by molar-refractivity contribution is -0.139. The predicted molar refractivity (Wildman–Crippen MR) is 151 cm³/mol. The van der Waals surface area contributed by atoms with E-state index in [4.69, 9.17) is 9.47 Å². The molecule has 3 rings (SSSR count). The highest BCUT2D eigenvalue weighted by atomic mass is 79.9. The highest BCUT2D eigenvalue weighted by Crippen LogP contribution is 2.32. The molecule has 0 radical (unpaired) electrons. The third-order valence-electron chi connectivity index (χ3n) is 6.70. The van der Waals surface area contributed by atoms with Crippen molar-refractivity contribution in [1.82, 2.24) is 10.2 Å². The number of nitrogens with one attached hydrogen (secondary N) is 1. The second-order valence-electron chi connectivity index (χ2n) is 9.48. The van der Waals surface area contributed by atoms with Gasteiger partial charge in [-0.25, -0.2) is 8.42 Å². The molecule has 11 heteroatoms. The van der Waals surface area contributed by atoms with Gasteiger partial charge >= 0.3 is 0 Å². The Hall–Kier alpha value is -2.79. The van der Waals surface area contributed by atoms with Crippen molar-refractivity contribution >= 4 is 43.5 Å². The van der Waals surface area contributed by atoms with Crippen molar-refractivity contribution in [3.05, 3.63) is 52.5 Å². The first-order valence-electron chi connectivity index (χ1n) is 12.6. The normalized spacial score (nSPS) is 14.9. The zero-order valence-electron chi connectivity index (χ0n) is 22.3. The molecule has 0 saturated heterocycles. The Bertz CT molecular complexity index is 1230. The number of methoxy groups -OCH3 is 2. The van der Waals surface area contributed by atoms with Crippen LogP contribution in [-0.2, 0) is 26.2 Å². The maximum Gasteiger partial charge on any atom is 0.244 e. The number of carbonyl (C=O) groups is 2. The van der Waals surface area contributed by atoms with E-state index >= 15 is 0 Å². The zero-order valence-corrected chi connectivity index (χ0v) is 24.7. The van der Waals surface area contributed by atoms with Crippen molar-refractivity contribution < 1.29 is 27.5 Å². The SMILES string of the molecule is COc1ccc(N(CC(=O)N(Cc2cccc(Br)c2)[C@@H](C)C(=O)NC2CCCCC2)S(C)(=O)=O)cc1OC. The molecule has 1 fully saturated rings. The molecule has 1 aliphatic carbocycles. The zero-order chi connectivity index (χ0) is 27.9. The summed E-state index contributed by atoms with van der Waals surface area (Å²) in [6, 6.07) is 11.4. The van der Waals surface area contributed by atoms with E-state index in [0.717, 1.165) is 52.7 Å². The summed E-state index contributed by atoms with van der Waals surface area (Å²) in [6.45, 7) is 1.33. The van der Waals surface area contributed by atoms with Crippen LogP contribution in [0.1, 0.15) is 44.6 Å². The van der Waals surface area contributed by atoms with Crippen molar-refractivity contribution in [3.8, 4) is 11.5 Å². The molecular weight excluding hydrogens is 574 g/mol. The molecule has 9 nitrogen and oxygen atoms in total. The van der Waals surface area contributed by atoms with Gasteiger partial charge in [0.05, 0.1) is 26.2 Å². The number of benzene rings is 2. The number of rotatable bonds is 11. The second-order valence-corrected chi connectivity index (χ2v) is 12.3. The number of nitrogens with zero attached hydrogens (tertiary/aromatic N) is 2. The van der Waals surface area contributed by atoms with E-state index in [2.05, 4.69) is 21.2 Å². The smallest absolute Gasteiger partial charge is 0.244 e. The largest absolute Gasteiger partial charge is 0.493 e. The maximum absolute atomic E-state index is 13.8. The molecule has 38 heavy (non-hydrogen) atoms. The van der Waals surface area contributed by atoms with E-state index in [1.807, 2.05) is 24.3 Å². The molecule has 2 amide bonds. The monoisotopic (exact) mass is 609 g/mol. The summed E-state index contributed by atoms with van der Waals surface area (Å²) in [6.07, 6.45) is 6.16. The first-order chi connectivity index (χ1) is 18.0. The first kappa shape index (κ1) is 29.8. The van der Waals surface area contributed by atoms with E-state index in [1.165, 1.54) is 25.2 Å². The Morgan fingerprint density at radius 3 is 2.34 bits per heavy atom. The van der Waals surface area contributed by atoms with Crippen molar-refractivity contribution in [2.75, 3.05) is 31.3 Å². The quantitative estimate of drug-likeness (QED) is 0.411. The summed E-state index contributed by atoms with van der Waals surface area (Å²) in [5, 5.41) is 3.09. The van der Waals surface area contributed by atoms with Gasteiger partial charge in [-0.15, -0.1) is 0 Å². The molecular formula is C27H36BrN3O6S. The van der Waals surface area contributed by atoms with Gasteiger partial charge in [-0.3, -0.25) is 13.9 Å². The van der Waals surface area contributed by atoms with Gasteiger partial charge in [0.25, 0.3) is 0 Å². The summed E-state index contributed by atoms with van der Waals surface area (Å²) >= 11 is 3.45. The topological polar surface area (TPSA) is 105 Å². The number of sulfonamides is 1. The van der Waals surface area contributed by atoms with Gasteiger partial charge < -0.3 is 19.7 Å². The van der Waals surface area contributed by atoms with Gasteiger partial charge in [0.2, 0.25) is 21.8 Å². The van der Waals surface area contributed by atoms with E-state index < -0.39 is 28.5 Å². The number of halogens is 1. The maximum atomic E-state index is 13.8. The Morgan fingerprint density at radius 2 is 1.74 bits per heavy atom. The summed E-state index contributed by atoms with van der Waals surface area (Å²) < 4.78 is 38.1. The fourth-order valence-electron chi connectivity index (χ4n) is 4.58. The minimum Gasteiger partial charge on any atom is -0.493 e. The van der Waals surface area contributed by atoms with E-state index in [-0.39, 0.29) is 24.2 Å². The number of hydrogen-bond acceptors (Lipinski definition) is 6. The Morgan fingerprint density at radius 1 is 1.05 bits per heavy atom. The van der Waals surface area contributed by atoms with E-state index in [1.54, 1.807) is 19.1 Å². The standard InChI is InChI=1S/C27H36BrN3O6S/c1-19(27(33)29-22-11-6-5-7-12-22)30(17-20-9-8-10-21(28)15-20)26(32)18-31(38(4,34)35)23-13-14-24(36-2)25(16-23)37-3/h8-10,13-16,19,22H,5-7,11-12,17-18H2,1-4H3,(H,29,33)/t19-/m0/s1. The summed E-state index contributed by atoms with van der Waals surface area (Å²) in [5.74, 6) is 0.00591. The van der Waals surface area contributed by atoms with Crippen LogP contribution in [-0.4, -0.2) is 64.2 Å². The molecule has 208 valence electrons. The van der Waals surface area contributed by atoms with Gasteiger partial charge in [0.1, 0.15) is 12.6 Å². The highest BCUT2D eigenvalue weighted by Gasteiger charge is 2.31. The van der Waals surface area contributed by atoms with Crippen LogP contribution >= 0.6 is 15.9 Å². The van der Waals surface area contributed by atoms with Crippen LogP contribution in [0.15, 0.2) is 46.9 Å². The van der Waals surface area contributed by atoms with Crippen molar-refractivity contribution in [2.24, 2.45) is 0 Å². The van der Waals surface area contributed by atoms with Gasteiger partial charge in [-0.2, -0.15) is 0 Å². The molecule has 0 bridgehead atoms. The molecule has 0 aliphatic heterocycles. The number of amides is 2. The number of hydrogen-bond donors (Lipinski definition) is 1. The number of anilines is 1. The van der Waals surface area contributed by atoms with Crippen LogP contribution in [0.25, 0.3) is 0 Å². The van der Waals surface area contributed by atoms with E-state index in [9.17, 15) is 18.0 Å². The molecule has 1 atom stereocenters. The molecule has 0 heterocycles. The summed E-state index contributed by atoms with van der Waals surface area (Å²) in [7, 11) is -0.928. The fourth-order valence-corrected chi connectivity index (χ4v) is 5.87. The summed E-state index contributed by atoms with van der Waals surface area (Å²) in [5.41, 5.74) is 1.06. The van der Waals surface area contributed by atoms with Crippen molar-refractivity contribution in [3.63, 3.8) is 0 Å². The van der Waals surface area contributed by atoms with Crippen LogP contribution in [0.2, 0.25) is 0 Å². The van der Waals surface area contributed by atoms with Crippen LogP contribution in [0.3, 0.4) is 0 Å². The summed E-state index contributed by atoms with van der Waals surface area (Å²) in [4.78, 5) is 28.4. The third-order valence-corrected chi connectivity index (χ3v) is 8.33. The van der Waals surface area contributed by atoms with Crippen LogP contribution < -0.4 is 19.1 Å². The third kappa shape index (κ3) is 7.86. The Kier molecular flexibility index (Phi) is 10.4. The van der Waals surface area contributed by atoms with Gasteiger partial charge in [-0.1, -0.05) is 47.3 Å². The predicted octanol–water partition coefficient (Wildman–Crippen LogP) is 4.10. The average molecular weight is 611 g/mol. The van der Waals surface area contributed by atoms with Crippen LogP contribution in [0.5, 0.6) is 11.5 Å². The number of ether oxygens (including phenoxy) is 2. The molecule has 1 aliphatic rings. The lowest BCUT2D eigenvalue weighted by Gasteiger charge is -2.33. The molecule has 0 aromatic heterocycles. The number of carbonyl (C=O) groups excluding carboxylic acids is 2.